The number of thioether (sulfide) groups is 1. The lowest BCUT2D eigenvalue weighted by Crippen LogP contribution is -2.56. The summed E-state index contributed by atoms with van der Waals surface area (Å²) in [7, 11) is 0. The van der Waals surface area contributed by atoms with Crippen molar-refractivity contribution in [1.29, 1.82) is 0 Å². The number of benzene rings is 1. The van der Waals surface area contributed by atoms with Crippen molar-refractivity contribution in [2.75, 3.05) is 19.3 Å². The fourth-order valence-corrected chi connectivity index (χ4v) is 3.01. The second kappa shape index (κ2) is 6.40. The molecular weight excluding hydrogens is 296 g/mol. The van der Waals surface area contributed by atoms with Crippen molar-refractivity contribution in [3.05, 3.63) is 53.7 Å². The molecule has 0 radical (unpaired) electrons. The normalized spacial score (nSPS) is 14.5. The van der Waals surface area contributed by atoms with E-state index in [0.717, 1.165) is 16.2 Å². The molecule has 1 aromatic heterocycles. The van der Waals surface area contributed by atoms with Crippen LogP contribution in [0.3, 0.4) is 0 Å². The van der Waals surface area contributed by atoms with Gasteiger partial charge < -0.3 is 9.64 Å². The molecule has 22 heavy (non-hydrogen) atoms. The van der Waals surface area contributed by atoms with Crippen LogP contribution >= 0.6 is 11.8 Å². The Morgan fingerprint density at radius 1 is 1.23 bits per heavy atom. The van der Waals surface area contributed by atoms with Gasteiger partial charge in [0.15, 0.2) is 0 Å². The van der Waals surface area contributed by atoms with E-state index in [4.69, 9.17) is 4.74 Å². The van der Waals surface area contributed by atoms with E-state index in [1.807, 2.05) is 60.5 Å². The minimum atomic E-state index is 0.0275. The van der Waals surface area contributed by atoms with Gasteiger partial charge in [-0.2, -0.15) is 0 Å². The van der Waals surface area contributed by atoms with Crippen LogP contribution in [0.2, 0.25) is 0 Å². The monoisotopic (exact) mass is 314 g/mol. The van der Waals surface area contributed by atoms with Gasteiger partial charge in [0.2, 0.25) is 5.88 Å². The minimum Gasteiger partial charge on any atom is -0.471 e. The number of amides is 1. The molecule has 1 aromatic carbocycles. The Morgan fingerprint density at radius 2 is 2.00 bits per heavy atom. The molecule has 0 unspecified atom stereocenters. The predicted octanol–water partition coefficient (Wildman–Crippen LogP) is 3.02. The molecule has 0 bridgehead atoms. The summed E-state index contributed by atoms with van der Waals surface area (Å²) in [6, 6.07) is 13.4. The lowest BCUT2D eigenvalue weighted by Gasteiger charge is -2.38. The highest BCUT2D eigenvalue weighted by Crippen LogP contribution is 2.24. The Bertz CT molecular complexity index is 684. The highest BCUT2D eigenvalue weighted by molar-refractivity contribution is 7.98. The van der Waals surface area contributed by atoms with Crippen molar-refractivity contribution in [1.82, 2.24) is 9.88 Å². The highest BCUT2D eigenvalue weighted by Gasteiger charge is 2.33. The number of rotatable bonds is 4. The van der Waals surface area contributed by atoms with Crippen molar-refractivity contribution in [2.45, 2.75) is 17.9 Å². The van der Waals surface area contributed by atoms with Gasteiger partial charge in [-0.05, 0) is 31.4 Å². The molecule has 0 aliphatic carbocycles. The van der Waals surface area contributed by atoms with Crippen molar-refractivity contribution in [3.63, 3.8) is 0 Å². The molecule has 4 nitrogen and oxygen atoms in total. The van der Waals surface area contributed by atoms with Gasteiger partial charge in [-0.1, -0.05) is 18.2 Å². The van der Waals surface area contributed by atoms with Crippen molar-refractivity contribution >= 4 is 17.7 Å². The molecule has 1 fully saturated rings. The number of likely N-dealkylation sites (tertiary alicyclic amines) is 1. The molecular formula is C17H18N2O2S. The van der Waals surface area contributed by atoms with Gasteiger partial charge in [-0.15, -0.1) is 11.8 Å². The van der Waals surface area contributed by atoms with Crippen molar-refractivity contribution < 1.29 is 9.53 Å². The zero-order chi connectivity index (χ0) is 15.5. The zero-order valence-electron chi connectivity index (χ0n) is 12.7. The Labute approximate surface area is 134 Å². The first-order valence-corrected chi connectivity index (χ1v) is 8.42. The zero-order valence-corrected chi connectivity index (χ0v) is 13.5. The summed E-state index contributed by atoms with van der Waals surface area (Å²) in [6.45, 7) is 3.15. The van der Waals surface area contributed by atoms with Gasteiger partial charge in [0.1, 0.15) is 6.10 Å². The van der Waals surface area contributed by atoms with Crippen LogP contribution in [0.5, 0.6) is 5.88 Å². The smallest absolute Gasteiger partial charge is 0.255 e. The second-order valence-corrected chi connectivity index (χ2v) is 6.12. The Kier molecular flexibility index (Phi) is 4.34. The quantitative estimate of drug-likeness (QED) is 0.814. The first-order valence-electron chi connectivity index (χ1n) is 7.20. The molecule has 0 N–H and O–H groups in total. The largest absolute Gasteiger partial charge is 0.471 e. The molecule has 1 saturated heterocycles. The number of carbonyl (C=O) groups excluding carboxylic acids is 1. The van der Waals surface area contributed by atoms with Crippen LogP contribution in [0.15, 0.2) is 47.4 Å². The van der Waals surface area contributed by atoms with Crippen LogP contribution < -0.4 is 4.74 Å². The maximum atomic E-state index is 12.5. The molecule has 1 aliphatic heterocycles. The van der Waals surface area contributed by atoms with E-state index in [1.165, 1.54) is 0 Å². The third-order valence-electron chi connectivity index (χ3n) is 3.62. The number of nitrogens with zero attached hydrogens (tertiary/aromatic N) is 2. The summed E-state index contributed by atoms with van der Waals surface area (Å²) in [5, 5.41) is 0. The number of ether oxygens (including phenoxy) is 1. The molecule has 0 saturated carbocycles. The molecule has 2 aromatic rings. The average Bonchev–Trinajstić information content (AvgIpc) is 2.50. The predicted molar refractivity (Wildman–Crippen MR) is 87.5 cm³/mol. The fourth-order valence-electron chi connectivity index (χ4n) is 2.42. The average molecular weight is 314 g/mol. The summed E-state index contributed by atoms with van der Waals surface area (Å²) in [4.78, 5) is 19.6. The number of hydrogen-bond acceptors (Lipinski definition) is 4. The van der Waals surface area contributed by atoms with Gasteiger partial charge in [-0.3, -0.25) is 4.79 Å². The van der Waals surface area contributed by atoms with Gasteiger partial charge >= 0.3 is 0 Å². The molecule has 0 spiro atoms. The SMILES string of the molecule is CSc1ccccc1C(=O)N1CC(Oc2cccc(C)n2)C1. The summed E-state index contributed by atoms with van der Waals surface area (Å²) in [5.74, 6) is 0.698. The van der Waals surface area contributed by atoms with E-state index in [0.29, 0.717) is 19.0 Å². The van der Waals surface area contributed by atoms with Crippen LogP contribution in [-0.4, -0.2) is 41.2 Å². The first kappa shape index (κ1) is 14.9. The molecule has 1 aliphatic rings. The number of pyridine rings is 1. The van der Waals surface area contributed by atoms with E-state index < -0.39 is 0 Å². The van der Waals surface area contributed by atoms with E-state index in [9.17, 15) is 4.79 Å². The van der Waals surface area contributed by atoms with Crippen molar-refractivity contribution in [3.8, 4) is 5.88 Å². The summed E-state index contributed by atoms with van der Waals surface area (Å²) >= 11 is 1.59. The Hall–Kier alpha value is -2.01. The lowest BCUT2D eigenvalue weighted by atomic mass is 10.1. The van der Waals surface area contributed by atoms with Crippen LogP contribution in [0, 0.1) is 6.92 Å². The maximum Gasteiger partial charge on any atom is 0.255 e. The van der Waals surface area contributed by atoms with Crippen LogP contribution in [-0.2, 0) is 0 Å². The van der Waals surface area contributed by atoms with Crippen LogP contribution in [0.25, 0.3) is 0 Å². The van der Waals surface area contributed by atoms with Gasteiger partial charge in [-0.25, -0.2) is 4.98 Å². The second-order valence-electron chi connectivity index (χ2n) is 5.27. The molecule has 1 amide bonds. The summed E-state index contributed by atoms with van der Waals surface area (Å²) in [6.07, 6.45) is 2.01. The molecule has 5 heteroatoms. The number of hydrogen-bond donors (Lipinski definition) is 0. The van der Waals surface area contributed by atoms with E-state index in [1.54, 1.807) is 11.8 Å². The lowest BCUT2D eigenvalue weighted by molar-refractivity contribution is 0.0157. The number of aryl methyl sites for hydroxylation is 1. The van der Waals surface area contributed by atoms with Gasteiger partial charge in [0.25, 0.3) is 5.91 Å². The van der Waals surface area contributed by atoms with Crippen LogP contribution in [0.4, 0.5) is 0 Å². The third-order valence-corrected chi connectivity index (χ3v) is 4.42. The molecule has 0 atom stereocenters. The fraction of sp³-hybridized carbons (Fsp3) is 0.294. The topological polar surface area (TPSA) is 42.4 Å². The first-order chi connectivity index (χ1) is 10.7. The Balaban J connectivity index is 1.60. The third kappa shape index (κ3) is 3.09. The summed E-state index contributed by atoms with van der Waals surface area (Å²) < 4.78 is 5.79. The molecule has 3 rings (SSSR count). The van der Waals surface area contributed by atoms with E-state index in [-0.39, 0.29) is 12.0 Å². The van der Waals surface area contributed by atoms with Gasteiger partial charge in [0, 0.05) is 16.7 Å². The number of aromatic nitrogens is 1. The van der Waals surface area contributed by atoms with Crippen LogP contribution in [0.1, 0.15) is 16.1 Å². The summed E-state index contributed by atoms with van der Waals surface area (Å²) in [5.41, 5.74) is 1.70. The number of carbonyl (C=O) groups is 1. The minimum absolute atomic E-state index is 0.0275. The standard InChI is InChI=1S/C17H18N2O2S/c1-12-6-5-9-16(18-12)21-13-10-19(11-13)17(20)14-7-3-4-8-15(14)22-2/h3-9,13H,10-11H2,1-2H3. The van der Waals surface area contributed by atoms with Crippen molar-refractivity contribution in [2.24, 2.45) is 0 Å². The molecule has 2 heterocycles. The van der Waals surface area contributed by atoms with Gasteiger partial charge in [0.05, 0.1) is 18.7 Å². The maximum absolute atomic E-state index is 12.5. The molecule has 114 valence electrons. The van der Waals surface area contributed by atoms with E-state index >= 15 is 0 Å². The Morgan fingerprint density at radius 3 is 2.73 bits per heavy atom. The van der Waals surface area contributed by atoms with E-state index in [2.05, 4.69) is 4.98 Å². The highest BCUT2D eigenvalue weighted by atomic mass is 32.2.